The lowest BCUT2D eigenvalue weighted by Gasteiger charge is -2.28. The Kier molecular flexibility index (Phi) is 9.69. The number of alkyl carbamates (subject to hydrolysis) is 1. The summed E-state index contributed by atoms with van der Waals surface area (Å²) in [5.41, 5.74) is 7.47. The van der Waals surface area contributed by atoms with Crippen molar-refractivity contribution < 1.29 is 19.1 Å². The maximum Gasteiger partial charge on any atom is 0.407 e. The summed E-state index contributed by atoms with van der Waals surface area (Å²) >= 11 is 0. The van der Waals surface area contributed by atoms with Crippen molar-refractivity contribution in [1.82, 2.24) is 35.1 Å². The number of aromatic nitrogens is 4. The molecule has 2 fully saturated rings. The first-order chi connectivity index (χ1) is 26.4. The first-order valence-electron chi connectivity index (χ1n) is 18.6. The molecule has 2 aliphatic heterocycles. The summed E-state index contributed by atoms with van der Waals surface area (Å²) < 4.78 is 4.83. The lowest BCUT2D eigenvalue weighted by molar-refractivity contribution is -0.135. The Morgan fingerprint density at radius 3 is 2.04 bits per heavy atom. The average molecular weight is 722 g/mol. The average Bonchev–Trinajstić information content (AvgIpc) is 4.06. The van der Waals surface area contributed by atoms with Crippen LogP contribution in [0.4, 0.5) is 4.79 Å². The Morgan fingerprint density at radius 1 is 0.741 bits per heavy atom. The zero-order chi connectivity index (χ0) is 37.2. The fraction of sp³-hybridized carbons (Fsp3) is 0.279. The molecule has 6 aromatic rings. The Balaban J connectivity index is 0.968. The molecule has 3 amide bonds. The Labute approximate surface area is 313 Å². The summed E-state index contributed by atoms with van der Waals surface area (Å²) in [6.45, 7) is 3.27. The van der Waals surface area contributed by atoms with E-state index in [0.717, 1.165) is 77.0 Å². The zero-order valence-electron chi connectivity index (χ0n) is 30.4. The minimum Gasteiger partial charge on any atom is -0.453 e. The highest BCUT2D eigenvalue weighted by molar-refractivity contribution is 5.88. The van der Waals surface area contributed by atoms with Crippen LogP contribution in [-0.4, -0.2) is 67.8 Å². The van der Waals surface area contributed by atoms with Crippen LogP contribution in [0.15, 0.2) is 109 Å². The van der Waals surface area contributed by atoms with Crippen LogP contribution in [0.1, 0.15) is 79.4 Å². The second-order valence-corrected chi connectivity index (χ2v) is 14.1. The Bertz CT molecular complexity index is 2270. The van der Waals surface area contributed by atoms with E-state index in [1.807, 2.05) is 84.8 Å². The number of ether oxygens (including phenoxy) is 1. The van der Waals surface area contributed by atoms with Gasteiger partial charge in [0, 0.05) is 13.1 Å². The van der Waals surface area contributed by atoms with Crippen LogP contribution in [0.25, 0.3) is 33.4 Å². The van der Waals surface area contributed by atoms with E-state index in [9.17, 15) is 14.4 Å². The van der Waals surface area contributed by atoms with Gasteiger partial charge in [-0.25, -0.2) is 14.8 Å². The number of H-pyrrole nitrogens is 2. The van der Waals surface area contributed by atoms with Gasteiger partial charge >= 0.3 is 6.09 Å². The molecule has 0 bridgehead atoms. The molecule has 2 saturated heterocycles. The first-order valence-corrected chi connectivity index (χ1v) is 18.6. The van der Waals surface area contributed by atoms with Crippen LogP contribution in [0, 0.1) is 0 Å². The molecule has 0 radical (unpaired) electrons. The second kappa shape index (κ2) is 15.0. The van der Waals surface area contributed by atoms with Crippen LogP contribution in [0.2, 0.25) is 0 Å². The molecule has 3 N–H and O–H groups in total. The number of rotatable bonds is 9. The minimum atomic E-state index is -0.871. The lowest BCUT2D eigenvalue weighted by atomic mass is 9.99. The molecule has 8 rings (SSSR count). The van der Waals surface area contributed by atoms with Gasteiger partial charge in [0.05, 0.1) is 48.0 Å². The summed E-state index contributed by atoms with van der Waals surface area (Å²) in [5, 5.41) is 2.72. The van der Waals surface area contributed by atoms with Crippen LogP contribution in [0.3, 0.4) is 0 Å². The fourth-order valence-corrected chi connectivity index (χ4v) is 7.90. The standard InChI is InChI=1S/C43H43N7O4/c1-27(28-11-5-3-6-12-28)41(51)49-23-10-16-37(49)40-45-33-22-21-32(25-34(33)46-40)29-17-19-30(20-18-29)35-26-44-39(47-35)36-15-9-24-50(36)42(52)38(48-43(53)54-2)31-13-7-4-8-14-31/h3-8,11-14,17-22,25-27,36-38H,9-10,15-16,23-24H2,1-2H3,(H,44,47)(H,45,46)(H,48,53)/t27?,36-,37-,38+/m0/s1. The smallest absolute Gasteiger partial charge is 0.407 e. The van der Waals surface area contributed by atoms with Crippen LogP contribution in [0.5, 0.6) is 0 Å². The van der Waals surface area contributed by atoms with Crippen molar-refractivity contribution >= 4 is 28.9 Å². The van der Waals surface area contributed by atoms with E-state index in [1.165, 1.54) is 7.11 Å². The zero-order valence-corrected chi connectivity index (χ0v) is 30.4. The monoisotopic (exact) mass is 721 g/mol. The summed E-state index contributed by atoms with van der Waals surface area (Å²) in [6, 6.07) is 32.5. The number of carbonyl (C=O) groups is 3. The fourth-order valence-electron chi connectivity index (χ4n) is 7.90. The first kappa shape index (κ1) is 34.8. The van der Waals surface area contributed by atoms with E-state index in [4.69, 9.17) is 14.7 Å². The van der Waals surface area contributed by atoms with Crippen LogP contribution < -0.4 is 5.32 Å². The molecule has 11 heteroatoms. The third kappa shape index (κ3) is 6.84. The third-order valence-electron chi connectivity index (χ3n) is 10.8. The summed E-state index contributed by atoms with van der Waals surface area (Å²) in [7, 11) is 1.29. The number of fused-ring (bicyclic) bond motifs is 1. The number of likely N-dealkylation sites (tertiary alicyclic amines) is 2. The number of benzene rings is 4. The van der Waals surface area contributed by atoms with Crippen molar-refractivity contribution in [2.45, 2.75) is 56.7 Å². The van der Waals surface area contributed by atoms with Gasteiger partial charge in [0.15, 0.2) is 0 Å². The highest BCUT2D eigenvalue weighted by Crippen LogP contribution is 2.36. The van der Waals surface area contributed by atoms with E-state index in [0.29, 0.717) is 17.9 Å². The molecule has 4 heterocycles. The van der Waals surface area contributed by atoms with Gasteiger partial charge in [0.2, 0.25) is 5.91 Å². The molecule has 54 heavy (non-hydrogen) atoms. The molecule has 2 aliphatic rings. The summed E-state index contributed by atoms with van der Waals surface area (Å²) in [4.78, 5) is 60.1. The van der Waals surface area contributed by atoms with Crippen molar-refractivity contribution in [1.29, 1.82) is 0 Å². The van der Waals surface area contributed by atoms with Crippen LogP contribution in [-0.2, 0) is 14.3 Å². The SMILES string of the molecule is COC(=O)N[C@@H](C(=O)N1CCC[C@H]1c1ncc(-c2ccc(-c3ccc4nc([C@@H]5CCCN5C(=O)C(C)c5ccccc5)[nH]c4c3)cc2)[nH]1)c1ccccc1. The number of carbonyl (C=O) groups excluding carboxylic acids is 3. The number of hydrogen-bond donors (Lipinski definition) is 3. The topological polar surface area (TPSA) is 136 Å². The molecule has 0 spiro atoms. The van der Waals surface area contributed by atoms with Gasteiger partial charge in [-0.1, -0.05) is 91.0 Å². The van der Waals surface area contributed by atoms with E-state index < -0.39 is 12.1 Å². The van der Waals surface area contributed by atoms with Gasteiger partial charge in [0.1, 0.15) is 17.7 Å². The number of nitrogens with one attached hydrogen (secondary N) is 3. The van der Waals surface area contributed by atoms with Gasteiger partial charge in [-0.3, -0.25) is 9.59 Å². The highest BCUT2D eigenvalue weighted by atomic mass is 16.5. The van der Waals surface area contributed by atoms with Crippen molar-refractivity contribution in [3.05, 3.63) is 132 Å². The summed E-state index contributed by atoms with van der Waals surface area (Å²) in [6.07, 6.45) is 4.56. The molecule has 0 saturated carbocycles. The minimum absolute atomic E-state index is 0.0747. The lowest BCUT2D eigenvalue weighted by Crippen LogP contribution is -2.42. The molecule has 11 nitrogen and oxygen atoms in total. The third-order valence-corrected chi connectivity index (χ3v) is 10.8. The number of amides is 3. The predicted octanol–water partition coefficient (Wildman–Crippen LogP) is 7.85. The molecule has 274 valence electrons. The second-order valence-electron chi connectivity index (χ2n) is 14.1. The Morgan fingerprint density at radius 2 is 1.35 bits per heavy atom. The number of methoxy groups -OCH3 is 1. The van der Waals surface area contributed by atoms with Gasteiger partial charge < -0.3 is 29.8 Å². The molecule has 1 unspecified atom stereocenters. The van der Waals surface area contributed by atoms with E-state index in [2.05, 4.69) is 51.7 Å². The largest absolute Gasteiger partial charge is 0.453 e. The quantitative estimate of drug-likeness (QED) is 0.139. The van der Waals surface area contributed by atoms with Crippen molar-refractivity contribution in [3.8, 4) is 22.4 Å². The van der Waals surface area contributed by atoms with Crippen molar-refractivity contribution in [2.24, 2.45) is 0 Å². The maximum absolute atomic E-state index is 13.9. The van der Waals surface area contributed by atoms with E-state index in [-0.39, 0.29) is 29.8 Å². The number of nitrogens with zero attached hydrogens (tertiary/aromatic N) is 4. The van der Waals surface area contributed by atoms with Gasteiger partial charge in [-0.2, -0.15) is 0 Å². The number of imidazole rings is 2. The van der Waals surface area contributed by atoms with E-state index in [1.54, 1.807) is 4.90 Å². The molecular weight excluding hydrogens is 679 g/mol. The number of hydrogen-bond acceptors (Lipinski definition) is 6. The molecular formula is C43H43N7O4. The van der Waals surface area contributed by atoms with Gasteiger partial charge in [0.25, 0.3) is 5.91 Å². The number of aromatic amines is 2. The van der Waals surface area contributed by atoms with Gasteiger partial charge in [-0.05, 0) is 72.6 Å². The Hall–Kier alpha value is -6.23. The molecule has 2 aromatic heterocycles. The van der Waals surface area contributed by atoms with Crippen molar-refractivity contribution in [2.75, 3.05) is 20.2 Å². The molecule has 0 aliphatic carbocycles. The summed E-state index contributed by atoms with van der Waals surface area (Å²) in [5.74, 6) is 1.26. The normalized spacial score (nSPS) is 18.1. The predicted molar refractivity (Wildman–Crippen MR) is 206 cm³/mol. The highest BCUT2D eigenvalue weighted by Gasteiger charge is 2.37. The van der Waals surface area contributed by atoms with Crippen LogP contribution >= 0.6 is 0 Å². The van der Waals surface area contributed by atoms with Gasteiger partial charge in [-0.15, -0.1) is 0 Å². The molecule has 4 aromatic carbocycles. The molecule has 4 atom stereocenters. The van der Waals surface area contributed by atoms with Crippen molar-refractivity contribution in [3.63, 3.8) is 0 Å². The van der Waals surface area contributed by atoms with E-state index >= 15 is 0 Å². The maximum atomic E-state index is 13.9.